The first-order valence-electron chi connectivity index (χ1n) is 14.5. The van der Waals surface area contributed by atoms with Crippen LogP contribution in [0.3, 0.4) is 0 Å². The number of nitrogens with zero attached hydrogens (tertiary/aromatic N) is 4. The maximum Gasteiger partial charge on any atom is 0.246 e. The molecule has 0 atom stereocenters. The van der Waals surface area contributed by atoms with Gasteiger partial charge in [0.2, 0.25) is 21.9 Å². The van der Waals surface area contributed by atoms with Gasteiger partial charge in [0.15, 0.2) is 0 Å². The summed E-state index contributed by atoms with van der Waals surface area (Å²) in [5.41, 5.74) is 3.71. The molecule has 2 aliphatic carbocycles. The molecule has 2 aliphatic rings. The lowest BCUT2D eigenvalue weighted by molar-refractivity contribution is 0.0189. The fourth-order valence-electron chi connectivity index (χ4n) is 5.59. The van der Waals surface area contributed by atoms with E-state index < -0.39 is 28.1 Å². The molecule has 3 aromatic rings. The van der Waals surface area contributed by atoms with Gasteiger partial charge >= 0.3 is 0 Å². The van der Waals surface area contributed by atoms with Crippen LogP contribution < -0.4 is 10.0 Å². The number of pyridine rings is 1. The minimum atomic E-state index is -3.93. The van der Waals surface area contributed by atoms with Crippen LogP contribution in [-0.2, 0) is 10.0 Å². The van der Waals surface area contributed by atoms with E-state index in [0.29, 0.717) is 25.0 Å². The van der Waals surface area contributed by atoms with Crippen molar-refractivity contribution in [2.24, 2.45) is 0 Å². The number of halogens is 2. The van der Waals surface area contributed by atoms with Gasteiger partial charge in [-0.15, -0.1) is 0 Å². The van der Waals surface area contributed by atoms with Gasteiger partial charge in [-0.25, -0.2) is 32.2 Å². The van der Waals surface area contributed by atoms with E-state index in [1.54, 1.807) is 12.3 Å². The summed E-state index contributed by atoms with van der Waals surface area (Å²) in [6.45, 7) is 4.95. The lowest BCUT2D eigenvalue weighted by Crippen LogP contribution is -2.39. The largest absolute Gasteiger partial charge is 0.351 e. The van der Waals surface area contributed by atoms with E-state index in [1.807, 2.05) is 12.3 Å². The number of rotatable bonds is 11. The topological polar surface area (TPSA) is 100 Å². The SMILES string of the molecule is CC(C)c1cc(-c2ccc(NS(=O)(=O)CCC(C)(F)F)nc2)cc2cnc(N[C@H]3CC[C@H](N(C)C4CC4)CC3)nc12. The molecule has 0 saturated heterocycles. The molecule has 41 heavy (non-hydrogen) atoms. The maximum atomic E-state index is 13.1. The zero-order valence-corrected chi connectivity index (χ0v) is 25.0. The van der Waals surface area contributed by atoms with Crippen LogP contribution >= 0.6 is 0 Å². The van der Waals surface area contributed by atoms with Gasteiger partial charge in [-0.05, 0) is 93.8 Å². The first kappa shape index (κ1) is 29.6. The molecule has 0 spiro atoms. The molecule has 222 valence electrons. The highest BCUT2D eigenvalue weighted by molar-refractivity contribution is 7.92. The van der Waals surface area contributed by atoms with Gasteiger partial charge in [-0.2, -0.15) is 0 Å². The van der Waals surface area contributed by atoms with Crippen molar-refractivity contribution in [2.75, 3.05) is 22.8 Å². The molecule has 2 heterocycles. The van der Waals surface area contributed by atoms with Gasteiger partial charge in [0.05, 0.1) is 11.3 Å². The number of sulfonamides is 1. The number of benzene rings is 1. The molecule has 2 saturated carbocycles. The Balaban J connectivity index is 1.29. The molecule has 0 bridgehead atoms. The standard InChI is InChI=1S/C30H40F2N6O2S/c1-19(2)26-16-21(20-5-12-27(33-17-20)37-41(39,40)14-13-30(3,31)32)15-22-18-34-29(36-28(22)26)35-23-6-8-24(9-7-23)38(4)25-10-11-25/h5,12,15-19,23-25H,6-11,13-14H2,1-4H3,(H,33,37)(H,34,35,36)/t23-,24-. The predicted octanol–water partition coefficient (Wildman–Crippen LogP) is 6.42. The van der Waals surface area contributed by atoms with Crippen LogP contribution in [0.25, 0.3) is 22.0 Å². The van der Waals surface area contributed by atoms with Crippen molar-refractivity contribution in [1.82, 2.24) is 19.9 Å². The summed E-state index contributed by atoms with van der Waals surface area (Å²) >= 11 is 0. The second kappa shape index (κ2) is 11.8. The summed E-state index contributed by atoms with van der Waals surface area (Å²) in [6, 6.07) is 9.25. The van der Waals surface area contributed by atoms with Crippen LogP contribution in [0.1, 0.15) is 77.2 Å². The molecule has 0 unspecified atom stereocenters. The smallest absolute Gasteiger partial charge is 0.246 e. The maximum absolute atomic E-state index is 13.1. The summed E-state index contributed by atoms with van der Waals surface area (Å²) < 4.78 is 52.8. The van der Waals surface area contributed by atoms with Crippen molar-refractivity contribution in [3.05, 3.63) is 42.2 Å². The van der Waals surface area contributed by atoms with Gasteiger partial charge in [0, 0.05) is 47.9 Å². The first-order valence-corrected chi connectivity index (χ1v) is 16.2. The number of hydrogen-bond donors (Lipinski definition) is 2. The van der Waals surface area contributed by atoms with Crippen molar-refractivity contribution >= 4 is 32.7 Å². The Hall–Kier alpha value is -2.92. The number of fused-ring (bicyclic) bond motifs is 1. The number of alkyl halides is 2. The van der Waals surface area contributed by atoms with Gasteiger partial charge in [0.25, 0.3) is 0 Å². The third kappa shape index (κ3) is 7.68. The van der Waals surface area contributed by atoms with E-state index in [1.165, 1.54) is 31.7 Å². The lowest BCUT2D eigenvalue weighted by atomic mass is 9.90. The van der Waals surface area contributed by atoms with Crippen LogP contribution in [0.5, 0.6) is 0 Å². The molecular weight excluding hydrogens is 546 g/mol. The minimum Gasteiger partial charge on any atom is -0.351 e. The van der Waals surface area contributed by atoms with E-state index in [2.05, 4.69) is 51.9 Å². The Kier molecular flexibility index (Phi) is 8.48. The summed E-state index contributed by atoms with van der Waals surface area (Å²) in [5, 5.41) is 4.50. The average Bonchev–Trinajstić information content (AvgIpc) is 3.77. The fraction of sp³-hybridized carbons (Fsp3) is 0.567. The van der Waals surface area contributed by atoms with Crippen molar-refractivity contribution < 1.29 is 17.2 Å². The molecule has 5 rings (SSSR count). The number of anilines is 2. The highest BCUT2D eigenvalue weighted by atomic mass is 32.2. The summed E-state index contributed by atoms with van der Waals surface area (Å²) in [7, 11) is -1.66. The third-order valence-electron chi connectivity index (χ3n) is 8.23. The average molecular weight is 587 g/mol. The normalized spacial score (nSPS) is 20.1. The van der Waals surface area contributed by atoms with Crippen molar-refractivity contribution in [3.8, 4) is 11.1 Å². The molecule has 0 radical (unpaired) electrons. The lowest BCUT2D eigenvalue weighted by Gasteiger charge is -2.35. The van der Waals surface area contributed by atoms with E-state index in [0.717, 1.165) is 46.5 Å². The Bertz CT molecular complexity index is 1460. The zero-order chi connectivity index (χ0) is 29.4. The van der Waals surface area contributed by atoms with E-state index >= 15 is 0 Å². The number of nitrogens with one attached hydrogen (secondary N) is 2. The molecule has 0 amide bonds. The second-order valence-electron chi connectivity index (χ2n) is 12.1. The van der Waals surface area contributed by atoms with Gasteiger partial charge in [0.1, 0.15) is 5.82 Å². The molecular formula is C30H40F2N6O2S. The Morgan fingerprint density at radius 2 is 1.68 bits per heavy atom. The van der Waals surface area contributed by atoms with Gasteiger partial charge < -0.3 is 10.2 Å². The van der Waals surface area contributed by atoms with Gasteiger partial charge in [-0.1, -0.05) is 13.8 Å². The number of aromatic nitrogens is 3. The Labute approximate surface area is 241 Å². The van der Waals surface area contributed by atoms with E-state index in [9.17, 15) is 17.2 Å². The van der Waals surface area contributed by atoms with Crippen LogP contribution in [0.2, 0.25) is 0 Å². The van der Waals surface area contributed by atoms with Crippen LogP contribution in [0.4, 0.5) is 20.5 Å². The highest BCUT2D eigenvalue weighted by Gasteiger charge is 2.33. The van der Waals surface area contributed by atoms with Crippen molar-refractivity contribution in [3.63, 3.8) is 0 Å². The van der Waals surface area contributed by atoms with E-state index in [4.69, 9.17) is 4.98 Å². The molecule has 0 aliphatic heterocycles. The van der Waals surface area contributed by atoms with Gasteiger partial charge in [-0.3, -0.25) is 4.72 Å². The zero-order valence-electron chi connectivity index (χ0n) is 24.2. The second-order valence-corrected chi connectivity index (χ2v) is 13.9. The van der Waals surface area contributed by atoms with E-state index in [-0.39, 0.29) is 11.7 Å². The quantitative estimate of drug-likeness (QED) is 0.267. The fourth-order valence-corrected chi connectivity index (χ4v) is 6.76. The van der Waals surface area contributed by atoms with Crippen molar-refractivity contribution in [2.45, 2.75) is 95.7 Å². The minimum absolute atomic E-state index is 0.0882. The Morgan fingerprint density at radius 3 is 2.27 bits per heavy atom. The first-order chi connectivity index (χ1) is 19.4. The molecule has 2 aromatic heterocycles. The van der Waals surface area contributed by atoms with Crippen LogP contribution in [-0.4, -0.2) is 65.1 Å². The van der Waals surface area contributed by atoms with Crippen LogP contribution in [0.15, 0.2) is 36.7 Å². The molecule has 1 aromatic carbocycles. The Morgan fingerprint density at radius 1 is 1.00 bits per heavy atom. The summed E-state index contributed by atoms with van der Waals surface area (Å²) in [6.07, 6.45) is 9.98. The third-order valence-corrected chi connectivity index (χ3v) is 9.49. The predicted molar refractivity (Wildman–Crippen MR) is 160 cm³/mol. The molecule has 11 heteroatoms. The molecule has 2 fully saturated rings. The van der Waals surface area contributed by atoms with Crippen molar-refractivity contribution in [1.29, 1.82) is 0 Å². The molecule has 2 N–H and O–H groups in total. The monoisotopic (exact) mass is 586 g/mol. The highest BCUT2D eigenvalue weighted by Crippen LogP contribution is 2.34. The summed E-state index contributed by atoms with van der Waals surface area (Å²) in [4.78, 5) is 16.4. The molecule has 8 nitrogen and oxygen atoms in total. The number of hydrogen-bond acceptors (Lipinski definition) is 7. The van der Waals surface area contributed by atoms with Crippen LogP contribution in [0, 0.1) is 0 Å². The summed E-state index contributed by atoms with van der Waals surface area (Å²) in [5.74, 6) is -2.78.